The van der Waals surface area contributed by atoms with Crippen molar-refractivity contribution in [1.29, 1.82) is 0 Å². The third-order valence-corrected chi connectivity index (χ3v) is 3.08. The number of fused-ring (bicyclic) bond motifs is 1. The number of halogens is 1. The Morgan fingerprint density at radius 3 is 2.50 bits per heavy atom. The van der Waals surface area contributed by atoms with Crippen molar-refractivity contribution in [3.8, 4) is 0 Å². The summed E-state index contributed by atoms with van der Waals surface area (Å²) < 4.78 is 12.8. The SMILES string of the molecule is O=c1cc(C=Cc2ccc(F)cc2)[nH]c2ccccc12. The van der Waals surface area contributed by atoms with Gasteiger partial charge in [0.05, 0.1) is 0 Å². The Bertz CT molecular complexity index is 831. The molecule has 1 aromatic heterocycles. The molecule has 0 unspecified atom stereocenters. The van der Waals surface area contributed by atoms with Crippen molar-refractivity contribution < 1.29 is 4.39 Å². The smallest absolute Gasteiger partial charge is 0.189 e. The van der Waals surface area contributed by atoms with Crippen molar-refractivity contribution in [3.63, 3.8) is 0 Å². The van der Waals surface area contributed by atoms with E-state index < -0.39 is 0 Å². The van der Waals surface area contributed by atoms with E-state index in [-0.39, 0.29) is 11.2 Å². The van der Waals surface area contributed by atoms with E-state index in [1.165, 1.54) is 12.1 Å². The second-order valence-electron chi connectivity index (χ2n) is 4.52. The van der Waals surface area contributed by atoms with Gasteiger partial charge in [-0.15, -0.1) is 0 Å². The van der Waals surface area contributed by atoms with Crippen LogP contribution in [0.4, 0.5) is 4.39 Å². The molecule has 1 N–H and O–H groups in total. The molecular formula is C17H12FNO. The van der Waals surface area contributed by atoms with Gasteiger partial charge in [0.2, 0.25) is 0 Å². The van der Waals surface area contributed by atoms with Crippen LogP contribution in [0.5, 0.6) is 0 Å². The highest BCUT2D eigenvalue weighted by Gasteiger charge is 1.98. The lowest BCUT2D eigenvalue weighted by atomic mass is 10.1. The third-order valence-electron chi connectivity index (χ3n) is 3.08. The standard InChI is InChI=1S/C17H12FNO/c18-13-8-5-12(6-9-13)7-10-14-11-17(20)15-3-1-2-4-16(15)19-14/h1-11H,(H,19,20). The monoisotopic (exact) mass is 265 g/mol. The molecule has 0 atom stereocenters. The molecule has 0 aliphatic heterocycles. The average molecular weight is 265 g/mol. The molecule has 0 saturated heterocycles. The predicted octanol–water partition coefficient (Wildman–Crippen LogP) is 3.84. The topological polar surface area (TPSA) is 32.9 Å². The lowest BCUT2D eigenvalue weighted by molar-refractivity contribution is 0.628. The molecule has 2 nitrogen and oxygen atoms in total. The van der Waals surface area contributed by atoms with Crippen molar-refractivity contribution in [2.75, 3.05) is 0 Å². The van der Waals surface area contributed by atoms with Gasteiger partial charge in [0.25, 0.3) is 0 Å². The van der Waals surface area contributed by atoms with Crippen LogP contribution in [-0.4, -0.2) is 4.98 Å². The minimum absolute atomic E-state index is 0.0156. The molecular weight excluding hydrogens is 253 g/mol. The average Bonchev–Trinajstić information content (AvgIpc) is 2.47. The maximum atomic E-state index is 12.8. The zero-order valence-corrected chi connectivity index (χ0v) is 10.6. The number of rotatable bonds is 2. The van der Waals surface area contributed by atoms with Gasteiger partial charge in [-0.1, -0.05) is 30.3 Å². The van der Waals surface area contributed by atoms with Crippen molar-refractivity contribution in [3.05, 3.63) is 81.9 Å². The first-order valence-corrected chi connectivity index (χ1v) is 6.28. The van der Waals surface area contributed by atoms with Gasteiger partial charge in [-0.3, -0.25) is 4.79 Å². The number of benzene rings is 2. The summed E-state index contributed by atoms with van der Waals surface area (Å²) in [6.07, 6.45) is 3.64. The molecule has 0 bridgehead atoms. The second kappa shape index (κ2) is 5.13. The Morgan fingerprint density at radius 1 is 0.950 bits per heavy atom. The molecule has 1 heterocycles. The van der Waals surface area contributed by atoms with Gasteiger partial charge >= 0.3 is 0 Å². The summed E-state index contributed by atoms with van der Waals surface area (Å²) in [6, 6.07) is 15.1. The van der Waals surface area contributed by atoms with Gasteiger partial charge in [0.15, 0.2) is 5.43 Å². The van der Waals surface area contributed by atoms with Crippen LogP contribution in [0.3, 0.4) is 0 Å². The number of H-pyrrole nitrogens is 1. The summed E-state index contributed by atoms with van der Waals surface area (Å²) in [7, 11) is 0. The van der Waals surface area contributed by atoms with E-state index in [2.05, 4.69) is 4.98 Å². The Hall–Kier alpha value is -2.68. The van der Waals surface area contributed by atoms with E-state index in [9.17, 15) is 9.18 Å². The summed E-state index contributed by atoms with van der Waals surface area (Å²) >= 11 is 0. The second-order valence-corrected chi connectivity index (χ2v) is 4.52. The van der Waals surface area contributed by atoms with Gasteiger partial charge in [-0.2, -0.15) is 0 Å². The number of nitrogens with one attached hydrogen (secondary N) is 1. The Kier molecular flexibility index (Phi) is 3.17. The highest BCUT2D eigenvalue weighted by atomic mass is 19.1. The normalized spacial score (nSPS) is 11.2. The molecule has 0 radical (unpaired) electrons. The van der Waals surface area contributed by atoms with Gasteiger partial charge in [-0.05, 0) is 35.9 Å². The van der Waals surface area contributed by atoms with E-state index in [1.807, 2.05) is 24.3 Å². The molecule has 98 valence electrons. The van der Waals surface area contributed by atoms with E-state index in [0.29, 0.717) is 5.39 Å². The molecule has 0 saturated carbocycles. The van der Waals surface area contributed by atoms with Crippen LogP contribution in [0, 0.1) is 5.82 Å². The fraction of sp³-hybridized carbons (Fsp3) is 0. The summed E-state index contributed by atoms with van der Waals surface area (Å²) in [5, 5.41) is 0.673. The number of aromatic nitrogens is 1. The highest BCUT2D eigenvalue weighted by molar-refractivity contribution is 5.80. The molecule has 20 heavy (non-hydrogen) atoms. The highest BCUT2D eigenvalue weighted by Crippen LogP contribution is 2.10. The van der Waals surface area contributed by atoms with Crippen molar-refractivity contribution in [1.82, 2.24) is 4.98 Å². The molecule has 2 aromatic carbocycles. The summed E-state index contributed by atoms with van der Waals surface area (Å²) in [5.41, 5.74) is 2.38. The molecule has 3 heteroatoms. The maximum Gasteiger partial charge on any atom is 0.189 e. The number of hydrogen-bond donors (Lipinski definition) is 1. The van der Waals surface area contributed by atoms with Gasteiger partial charge in [0, 0.05) is 22.7 Å². The lowest BCUT2D eigenvalue weighted by Gasteiger charge is -2.00. The lowest BCUT2D eigenvalue weighted by Crippen LogP contribution is -2.02. The van der Waals surface area contributed by atoms with Crippen LogP contribution in [0.15, 0.2) is 59.4 Å². The molecule has 0 aliphatic carbocycles. The fourth-order valence-corrected chi connectivity index (χ4v) is 2.07. The maximum absolute atomic E-state index is 12.8. The van der Waals surface area contributed by atoms with Crippen LogP contribution >= 0.6 is 0 Å². The number of pyridine rings is 1. The summed E-state index contributed by atoms with van der Waals surface area (Å²) in [5.74, 6) is -0.263. The van der Waals surface area contributed by atoms with Crippen LogP contribution in [-0.2, 0) is 0 Å². The minimum atomic E-state index is -0.263. The predicted molar refractivity (Wildman–Crippen MR) is 79.9 cm³/mol. The quantitative estimate of drug-likeness (QED) is 0.750. The molecule has 0 spiro atoms. The first-order valence-electron chi connectivity index (χ1n) is 6.28. The van der Waals surface area contributed by atoms with E-state index in [1.54, 1.807) is 30.3 Å². The van der Waals surface area contributed by atoms with E-state index in [0.717, 1.165) is 16.8 Å². The van der Waals surface area contributed by atoms with Crippen molar-refractivity contribution in [2.45, 2.75) is 0 Å². The van der Waals surface area contributed by atoms with Gasteiger partial charge in [0.1, 0.15) is 5.82 Å². The first-order chi connectivity index (χ1) is 9.72. The first kappa shape index (κ1) is 12.4. The zero-order chi connectivity index (χ0) is 13.9. The fourth-order valence-electron chi connectivity index (χ4n) is 2.07. The molecule has 0 aliphatic rings. The van der Waals surface area contributed by atoms with Crippen LogP contribution < -0.4 is 5.43 Å². The zero-order valence-electron chi connectivity index (χ0n) is 10.6. The van der Waals surface area contributed by atoms with Crippen LogP contribution in [0.2, 0.25) is 0 Å². The Balaban J connectivity index is 1.98. The van der Waals surface area contributed by atoms with Crippen molar-refractivity contribution >= 4 is 23.1 Å². The van der Waals surface area contributed by atoms with Crippen LogP contribution in [0.1, 0.15) is 11.3 Å². The van der Waals surface area contributed by atoms with Gasteiger partial charge in [-0.25, -0.2) is 4.39 Å². The Labute approximate surface area is 115 Å². The summed E-state index contributed by atoms with van der Waals surface area (Å²) in [6.45, 7) is 0. The largest absolute Gasteiger partial charge is 0.355 e. The number of para-hydroxylation sites is 1. The minimum Gasteiger partial charge on any atom is -0.355 e. The molecule has 0 amide bonds. The van der Waals surface area contributed by atoms with Crippen molar-refractivity contribution in [2.24, 2.45) is 0 Å². The van der Waals surface area contributed by atoms with Crippen LogP contribution in [0.25, 0.3) is 23.1 Å². The Morgan fingerprint density at radius 2 is 1.70 bits per heavy atom. The molecule has 0 fully saturated rings. The summed E-state index contributed by atoms with van der Waals surface area (Å²) in [4.78, 5) is 15.1. The van der Waals surface area contributed by atoms with E-state index >= 15 is 0 Å². The van der Waals surface area contributed by atoms with Gasteiger partial charge < -0.3 is 4.98 Å². The number of hydrogen-bond acceptors (Lipinski definition) is 1. The molecule has 3 aromatic rings. The van der Waals surface area contributed by atoms with E-state index in [4.69, 9.17) is 0 Å². The third kappa shape index (κ3) is 2.52. The number of aromatic amines is 1. The molecule has 3 rings (SSSR count).